The van der Waals surface area contributed by atoms with Crippen molar-refractivity contribution >= 4 is 16.8 Å². The Labute approximate surface area is 125 Å². The average molecular weight is 282 g/mol. The first-order valence-corrected chi connectivity index (χ1v) is 7.69. The summed E-state index contributed by atoms with van der Waals surface area (Å²) in [4.78, 5) is 16.3. The molecule has 1 aliphatic rings. The molecule has 1 aliphatic heterocycles. The van der Waals surface area contributed by atoms with E-state index < -0.39 is 0 Å². The minimum Gasteiger partial charge on any atom is -0.353 e. The fourth-order valence-electron chi connectivity index (χ4n) is 3.27. The summed E-state index contributed by atoms with van der Waals surface area (Å²) in [6.45, 7) is 6.41. The minimum atomic E-state index is 0.174. The Balaban J connectivity index is 1.94. The molecule has 0 saturated carbocycles. The van der Waals surface area contributed by atoms with Crippen molar-refractivity contribution in [2.45, 2.75) is 45.6 Å². The van der Waals surface area contributed by atoms with Crippen molar-refractivity contribution in [3.63, 3.8) is 0 Å². The van der Waals surface area contributed by atoms with Crippen LogP contribution >= 0.6 is 0 Å². The van der Waals surface area contributed by atoms with Crippen LogP contribution in [0.15, 0.2) is 30.3 Å². The number of aromatic nitrogens is 1. The predicted octanol–water partition coefficient (Wildman–Crippen LogP) is 3.56. The molecule has 1 N–H and O–H groups in total. The van der Waals surface area contributed by atoms with Crippen molar-refractivity contribution < 1.29 is 4.79 Å². The number of nitrogens with zero attached hydrogens (tertiary/aromatic N) is 1. The van der Waals surface area contributed by atoms with Gasteiger partial charge in [0.2, 0.25) is 5.91 Å². The molecule has 2 unspecified atom stereocenters. The highest BCUT2D eigenvalue weighted by Gasteiger charge is 2.33. The number of carbonyl (C=O) groups is 1. The molecule has 2 atom stereocenters. The number of benzene rings is 1. The molecule has 0 radical (unpaired) electrons. The van der Waals surface area contributed by atoms with Gasteiger partial charge >= 0.3 is 0 Å². The first kappa shape index (κ1) is 14.1. The van der Waals surface area contributed by atoms with Crippen LogP contribution in [0.3, 0.4) is 0 Å². The summed E-state index contributed by atoms with van der Waals surface area (Å²) in [5.41, 5.74) is 3.30. The second kappa shape index (κ2) is 5.47. The van der Waals surface area contributed by atoms with E-state index in [2.05, 4.69) is 48.4 Å². The molecule has 0 bridgehead atoms. The Morgan fingerprint density at radius 1 is 1.29 bits per heavy atom. The first-order valence-electron chi connectivity index (χ1n) is 7.69. The molecule has 1 fully saturated rings. The largest absolute Gasteiger partial charge is 0.353 e. The monoisotopic (exact) mass is 282 g/mol. The quantitative estimate of drug-likeness (QED) is 0.935. The zero-order valence-corrected chi connectivity index (χ0v) is 12.9. The Morgan fingerprint density at radius 3 is 2.86 bits per heavy atom. The molecular weight excluding hydrogens is 260 g/mol. The number of nitrogens with one attached hydrogen (secondary N) is 1. The molecule has 3 rings (SSSR count). The molecule has 2 aromatic rings. The Bertz CT molecular complexity index is 678. The van der Waals surface area contributed by atoms with Crippen LogP contribution in [0.5, 0.6) is 0 Å². The molecular formula is C18H22N2O. The number of hydrogen-bond donors (Lipinski definition) is 1. The fourth-order valence-corrected chi connectivity index (χ4v) is 3.27. The third kappa shape index (κ3) is 2.92. The molecule has 1 amide bonds. The number of carbonyl (C=O) groups excluding carboxylic acids is 1. The van der Waals surface area contributed by atoms with Crippen molar-refractivity contribution in [1.82, 2.24) is 10.3 Å². The van der Waals surface area contributed by atoms with Crippen LogP contribution in [-0.4, -0.2) is 16.9 Å². The van der Waals surface area contributed by atoms with Crippen LogP contribution < -0.4 is 5.32 Å². The van der Waals surface area contributed by atoms with Crippen molar-refractivity contribution in [1.29, 1.82) is 0 Å². The van der Waals surface area contributed by atoms with Crippen LogP contribution in [-0.2, 0) is 4.79 Å². The maximum atomic E-state index is 11.8. The summed E-state index contributed by atoms with van der Waals surface area (Å²) in [5, 5.41) is 4.29. The van der Waals surface area contributed by atoms with Crippen molar-refractivity contribution in [3.05, 3.63) is 41.6 Å². The van der Waals surface area contributed by atoms with Crippen LogP contribution in [0.25, 0.3) is 10.9 Å². The normalized spacial score (nSPS) is 22.0. The van der Waals surface area contributed by atoms with Crippen molar-refractivity contribution in [3.8, 4) is 0 Å². The highest BCUT2D eigenvalue weighted by Crippen LogP contribution is 2.33. The molecule has 110 valence electrons. The standard InChI is InChI=1S/C18H22N2O/c1-11(2)8-17-15(10-18(21)20-17)13-6-7-16-14(9-13)5-4-12(3)19-16/h4-7,9,11,15,17H,8,10H2,1-3H3,(H,20,21). The maximum Gasteiger partial charge on any atom is 0.220 e. The number of fused-ring (bicyclic) bond motifs is 1. The number of pyridine rings is 1. The zero-order valence-electron chi connectivity index (χ0n) is 12.9. The second-order valence-electron chi connectivity index (χ2n) is 6.52. The maximum absolute atomic E-state index is 11.8. The van der Waals surface area contributed by atoms with Gasteiger partial charge in [0.1, 0.15) is 0 Å². The second-order valence-corrected chi connectivity index (χ2v) is 6.52. The minimum absolute atomic E-state index is 0.174. The summed E-state index contributed by atoms with van der Waals surface area (Å²) >= 11 is 0. The lowest BCUT2D eigenvalue weighted by Crippen LogP contribution is -2.29. The molecule has 1 aromatic heterocycles. The third-order valence-electron chi connectivity index (χ3n) is 4.24. The van der Waals surface area contributed by atoms with Crippen LogP contribution in [0, 0.1) is 12.8 Å². The van der Waals surface area contributed by atoms with Crippen LogP contribution in [0.2, 0.25) is 0 Å². The number of hydrogen-bond acceptors (Lipinski definition) is 2. The summed E-state index contributed by atoms with van der Waals surface area (Å²) in [5.74, 6) is 1.04. The van der Waals surface area contributed by atoms with Gasteiger partial charge < -0.3 is 5.32 Å². The Kier molecular flexibility index (Phi) is 3.66. The zero-order chi connectivity index (χ0) is 15.0. The SMILES string of the molecule is Cc1ccc2cc(C3CC(=O)NC3CC(C)C)ccc2n1. The van der Waals surface area contributed by atoms with E-state index in [1.807, 2.05) is 13.0 Å². The van der Waals surface area contributed by atoms with Gasteiger partial charge in [-0.15, -0.1) is 0 Å². The Hall–Kier alpha value is -1.90. The lowest BCUT2D eigenvalue weighted by Gasteiger charge is -2.21. The Morgan fingerprint density at radius 2 is 2.10 bits per heavy atom. The smallest absolute Gasteiger partial charge is 0.220 e. The fraction of sp³-hybridized carbons (Fsp3) is 0.444. The van der Waals surface area contributed by atoms with Crippen LogP contribution in [0.1, 0.15) is 43.9 Å². The van der Waals surface area contributed by atoms with E-state index in [1.54, 1.807) is 0 Å². The highest BCUT2D eigenvalue weighted by molar-refractivity contribution is 5.82. The molecule has 3 nitrogen and oxygen atoms in total. The van der Waals surface area contributed by atoms with E-state index in [0.717, 1.165) is 23.0 Å². The molecule has 3 heteroatoms. The number of rotatable bonds is 3. The molecule has 0 spiro atoms. The van der Waals surface area contributed by atoms with E-state index in [4.69, 9.17) is 0 Å². The van der Waals surface area contributed by atoms with Crippen molar-refractivity contribution in [2.75, 3.05) is 0 Å². The summed E-state index contributed by atoms with van der Waals surface area (Å²) in [6, 6.07) is 10.8. The topological polar surface area (TPSA) is 42.0 Å². The molecule has 2 heterocycles. The molecule has 0 aliphatic carbocycles. The van der Waals surface area contributed by atoms with Gasteiger partial charge in [0.15, 0.2) is 0 Å². The van der Waals surface area contributed by atoms with Gasteiger partial charge in [-0.3, -0.25) is 9.78 Å². The molecule has 1 aromatic carbocycles. The third-order valence-corrected chi connectivity index (χ3v) is 4.24. The first-order chi connectivity index (χ1) is 10.0. The van der Waals surface area contributed by atoms with Crippen LogP contribution in [0.4, 0.5) is 0 Å². The van der Waals surface area contributed by atoms with Gasteiger partial charge in [-0.25, -0.2) is 0 Å². The van der Waals surface area contributed by atoms with Gasteiger partial charge in [0, 0.05) is 29.5 Å². The summed E-state index contributed by atoms with van der Waals surface area (Å²) < 4.78 is 0. The lowest BCUT2D eigenvalue weighted by atomic mass is 9.87. The summed E-state index contributed by atoms with van der Waals surface area (Å²) in [7, 11) is 0. The van der Waals surface area contributed by atoms with Gasteiger partial charge in [-0.05, 0) is 43.0 Å². The van der Waals surface area contributed by atoms with Gasteiger partial charge in [-0.2, -0.15) is 0 Å². The number of aryl methyl sites for hydroxylation is 1. The van der Waals surface area contributed by atoms with E-state index in [9.17, 15) is 4.79 Å². The molecule has 1 saturated heterocycles. The van der Waals surface area contributed by atoms with Gasteiger partial charge in [0.25, 0.3) is 0 Å². The number of amides is 1. The van der Waals surface area contributed by atoms with Crippen molar-refractivity contribution in [2.24, 2.45) is 5.92 Å². The van der Waals surface area contributed by atoms with E-state index in [0.29, 0.717) is 12.3 Å². The molecule has 21 heavy (non-hydrogen) atoms. The average Bonchev–Trinajstić information content (AvgIpc) is 2.78. The van der Waals surface area contributed by atoms with E-state index >= 15 is 0 Å². The van der Waals surface area contributed by atoms with Gasteiger partial charge in [0.05, 0.1) is 5.52 Å². The van der Waals surface area contributed by atoms with Gasteiger partial charge in [-0.1, -0.05) is 26.0 Å². The van der Waals surface area contributed by atoms with E-state index in [-0.39, 0.29) is 17.9 Å². The van der Waals surface area contributed by atoms with E-state index in [1.165, 1.54) is 5.56 Å². The lowest BCUT2D eigenvalue weighted by molar-refractivity contribution is -0.119. The summed E-state index contributed by atoms with van der Waals surface area (Å²) in [6.07, 6.45) is 1.63. The predicted molar refractivity (Wildman–Crippen MR) is 85.2 cm³/mol. The highest BCUT2D eigenvalue weighted by atomic mass is 16.2.